The summed E-state index contributed by atoms with van der Waals surface area (Å²) in [5.74, 6) is 0.976. The fourth-order valence-electron chi connectivity index (χ4n) is 3.43. The van der Waals surface area contributed by atoms with Gasteiger partial charge in [0.05, 0.1) is 10.8 Å². The molecule has 162 valence electrons. The summed E-state index contributed by atoms with van der Waals surface area (Å²) in [4.78, 5) is 8.80. The Hall–Kier alpha value is -2.41. The molecule has 0 radical (unpaired) electrons. The molecule has 3 N–H and O–H groups in total. The molecule has 3 rings (SSSR count). The lowest BCUT2D eigenvalue weighted by Gasteiger charge is -2.17. The van der Waals surface area contributed by atoms with Gasteiger partial charge in [-0.25, -0.2) is 4.98 Å². The van der Waals surface area contributed by atoms with Gasteiger partial charge < -0.3 is 24.7 Å². The molecule has 0 atom stereocenters. The molecule has 0 saturated carbocycles. The van der Waals surface area contributed by atoms with Crippen molar-refractivity contribution in [1.82, 2.24) is 14.5 Å². The van der Waals surface area contributed by atoms with E-state index in [-0.39, 0.29) is 5.95 Å². The Balaban J connectivity index is 1.97. The molecule has 0 spiro atoms. The highest BCUT2D eigenvalue weighted by atomic mass is 31.2. The molecule has 8 nitrogen and oxygen atoms in total. The van der Waals surface area contributed by atoms with E-state index in [0.29, 0.717) is 11.8 Å². The first kappa shape index (κ1) is 22.3. The van der Waals surface area contributed by atoms with Crippen molar-refractivity contribution in [2.75, 3.05) is 31.8 Å². The Kier molecular flexibility index (Phi) is 7.13. The van der Waals surface area contributed by atoms with Crippen LogP contribution in [0, 0.1) is 6.92 Å². The van der Waals surface area contributed by atoms with Crippen LogP contribution in [0.25, 0.3) is 11.0 Å². The molecule has 0 saturated heterocycles. The van der Waals surface area contributed by atoms with E-state index in [4.69, 9.17) is 14.8 Å². The third-order valence-corrected chi connectivity index (χ3v) is 7.04. The summed E-state index contributed by atoms with van der Waals surface area (Å²) in [6, 6.07) is 7.52. The Labute approximate surface area is 177 Å². The van der Waals surface area contributed by atoms with Gasteiger partial charge in [-0.2, -0.15) is 4.98 Å². The number of benzene rings is 1. The minimum Gasteiger partial charge on any atom is -0.368 e. The van der Waals surface area contributed by atoms with Crippen LogP contribution in [0.3, 0.4) is 0 Å². The molecule has 3 aromatic rings. The Morgan fingerprint density at radius 1 is 1.17 bits per heavy atom. The largest absolute Gasteiger partial charge is 0.368 e. The lowest BCUT2D eigenvalue weighted by molar-refractivity contribution is 0.287. The number of nitrogens with zero attached hydrogens (tertiary/aromatic N) is 3. The first-order chi connectivity index (χ1) is 14.4. The Morgan fingerprint density at radius 3 is 2.63 bits per heavy atom. The maximum atomic E-state index is 12.8. The fourth-order valence-corrected chi connectivity index (χ4v) is 4.57. The molecular formula is C21H30N5O3P. The minimum atomic E-state index is -3.32. The summed E-state index contributed by atoms with van der Waals surface area (Å²) < 4.78 is 25.2. The number of anilines is 2. The third kappa shape index (κ3) is 4.67. The molecule has 2 aromatic heterocycles. The highest BCUT2D eigenvalue weighted by Gasteiger charge is 2.25. The van der Waals surface area contributed by atoms with E-state index in [0.717, 1.165) is 53.8 Å². The smallest absolute Gasteiger partial charge is 0.360 e. The zero-order valence-electron chi connectivity index (χ0n) is 18.0. The van der Waals surface area contributed by atoms with Crippen molar-refractivity contribution in [2.24, 2.45) is 0 Å². The molecule has 1 aromatic carbocycles. The maximum Gasteiger partial charge on any atom is 0.360 e. The number of unbranched alkanes of at least 4 members (excludes halogenated alkanes) is 2. The van der Waals surface area contributed by atoms with Crippen molar-refractivity contribution < 1.29 is 13.6 Å². The number of aromatic nitrogens is 3. The van der Waals surface area contributed by atoms with E-state index < -0.39 is 7.60 Å². The Morgan fingerprint density at radius 2 is 1.93 bits per heavy atom. The standard InChI is InChI=1S/C21H30N5O3P/c1-5-6-7-11-23-20-19-18(24-21(22)25-20)10-12-26(19)14-16-13-17(9-8-15(16)2)30(27,28-3)29-4/h8-10,12-13H,5-7,11,14H2,1-4H3,(H3,22,23,24,25). The van der Waals surface area contributed by atoms with Crippen LogP contribution in [-0.2, 0) is 20.2 Å². The molecule has 0 bridgehead atoms. The number of nitrogens with two attached hydrogens (primary N) is 1. The highest BCUT2D eigenvalue weighted by Crippen LogP contribution is 2.45. The predicted octanol–water partition coefficient (Wildman–Crippen LogP) is 4.08. The normalized spacial score (nSPS) is 11.9. The second-order valence-electron chi connectivity index (χ2n) is 7.22. The summed E-state index contributed by atoms with van der Waals surface area (Å²) in [7, 11) is -0.538. The van der Waals surface area contributed by atoms with E-state index in [1.165, 1.54) is 14.2 Å². The van der Waals surface area contributed by atoms with Gasteiger partial charge in [0.15, 0.2) is 5.82 Å². The van der Waals surface area contributed by atoms with Crippen LogP contribution in [0.4, 0.5) is 11.8 Å². The molecule has 9 heteroatoms. The minimum absolute atomic E-state index is 0.248. The number of fused-ring (bicyclic) bond motifs is 1. The summed E-state index contributed by atoms with van der Waals surface area (Å²) in [5, 5.41) is 3.94. The highest BCUT2D eigenvalue weighted by molar-refractivity contribution is 7.62. The molecule has 0 fully saturated rings. The van der Waals surface area contributed by atoms with Gasteiger partial charge in [0, 0.05) is 33.5 Å². The van der Waals surface area contributed by atoms with E-state index in [1.807, 2.05) is 31.3 Å². The number of hydrogen-bond donors (Lipinski definition) is 2. The summed E-state index contributed by atoms with van der Waals surface area (Å²) in [6.45, 7) is 5.58. The van der Waals surface area contributed by atoms with Crippen LogP contribution in [-0.4, -0.2) is 35.3 Å². The molecule has 0 aliphatic carbocycles. The number of aryl methyl sites for hydroxylation is 1. The van der Waals surface area contributed by atoms with Crippen molar-refractivity contribution in [3.8, 4) is 0 Å². The Bertz CT molecular complexity index is 1060. The molecular weight excluding hydrogens is 401 g/mol. The monoisotopic (exact) mass is 431 g/mol. The van der Waals surface area contributed by atoms with Crippen molar-refractivity contribution in [3.05, 3.63) is 41.6 Å². The topological polar surface area (TPSA) is 104 Å². The second-order valence-corrected chi connectivity index (χ2v) is 9.46. The lowest BCUT2D eigenvalue weighted by Crippen LogP contribution is -2.12. The molecule has 0 unspecified atom stereocenters. The first-order valence-corrected chi connectivity index (χ1v) is 11.6. The van der Waals surface area contributed by atoms with Crippen LogP contribution in [0.5, 0.6) is 0 Å². The van der Waals surface area contributed by atoms with Gasteiger partial charge in [-0.1, -0.05) is 25.8 Å². The summed E-state index contributed by atoms with van der Waals surface area (Å²) in [5.41, 5.74) is 9.67. The van der Waals surface area contributed by atoms with Crippen LogP contribution in [0.15, 0.2) is 30.5 Å². The van der Waals surface area contributed by atoms with Gasteiger partial charge in [-0.3, -0.25) is 4.57 Å². The molecule has 0 aliphatic heterocycles. The van der Waals surface area contributed by atoms with Gasteiger partial charge in [0.2, 0.25) is 5.95 Å². The van der Waals surface area contributed by atoms with E-state index in [1.54, 1.807) is 6.07 Å². The number of hydrogen-bond acceptors (Lipinski definition) is 7. The van der Waals surface area contributed by atoms with Gasteiger partial charge in [0.1, 0.15) is 5.52 Å². The van der Waals surface area contributed by atoms with Gasteiger partial charge in [-0.05, 0) is 42.7 Å². The van der Waals surface area contributed by atoms with Crippen molar-refractivity contribution in [3.63, 3.8) is 0 Å². The SMILES string of the molecule is CCCCCNc1nc(N)nc2ccn(Cc3cc(P(=O)(OC)OC)ccc3C)c12. The zero-order valence-corrected chi connectivity index (χ0v) is 18.9. The van der Waals surface area contributed by atoms with E-state index in [9.17, 15) is 4.57 Å². The van der Waals surface area contributed by atoms with E-state index in [2.05, 4.69) is 26.8 Å². The number of nitrogens with one attached hydrogen (secondary N) is 1. The van der Waals surface area contributed by atoms with Crippen LogP contribution >= 0.6 is 7.60 Å². The van der Waals surface area contributed by atoms with Gasteiger partial charge >= 0.3 is 7.60 Å². The van der Waals surface area contributed by atoms with Crippen molar-refractivity contribution in [2.45, 2.75) is 39.7 Å². The molecule has 30 heavy (non-hydrogen) atoms. The third-order valence-electron chi connectivity index (χ3n) is 5.17. The van der Waals surface area contributed by atoms with Crippen molar-refractivity contribution >= 4 is 35.7 Å². The number of nitrogen functional groups attached to an aromatic ring is 1. The summed E-state index contributed by atoms with van der Waals surface area (Å²) in [6.07, 6.45) is 5.34. The quantitative estimate of drug-likeness (QED) is 0.368. The summed E-state index contributed by atoms with van der Waals surface area (Å²) >= 11 is 0. The number of rotatable bonds is 10. The molecule has 2 heterocycles. The van der Waals surface area contributed by atoms with Crippen LogP contribution in [0.2, 0.25) is 0 Å². The predicted molar refractivity (Wildman–Crippen MR) is 121 cm³/mol. The first-order valence-electron chi connectivity index (χ1n) is 10.1. The maximum absolute atomic E-state index is 12.8. The lowest BCUT2D eigenvalue weighted by atomic mass is 10.1. The van der Waals surface area contributed by atoms with Crippen LogP contribution < -0.4 is 16.4 Å². The molecule has 0 amide bonds. The van der Waals surface area contributed by atoms with E-state index >= 15 is 0 Å². The second kappa shape index (κ2) is 9.60. The van der Waals surface area contributed by atoms with Crippen molar-refractivity contribution in [1.29, 1.82) is 0 Å². The van der Waals surface area contributed by atoms with Gasteiger partial charge in [0.25, 0.3) is 0 Å². The molecule has 0 aliphatic rings. The zero-order chi connectivity index (χ0) is 21.7. The average molecular weight is 431 g/mol. The van der Waals surface area contributed by atoms with Gasteiger partial charge in [-0.15, -0.1) is 0 Å². The average Bonchev–Trinajstić information content (AvgIpc) is 3.14. The fraction of sp³-hybridized carbons (Fsp3) is 0.429. The van der Waals surface area contributed by atoms with Crippen LogP contribution in [0.1, 0.15) is 37.3 Å².